The van der Waals surface area contributed by atoms with Crippen LogP contribution >= 0.6 is 23.2 Å². The number of nitrogen functional groups attached to an aromatic ring is 1. The molecule has 1 atom stereocenters. The largest absolute Gasteiger partial charge is 0.388 e. The summed E-state index contributed by atoms with van der Waals surface area (Å²) in [7, 11) is 0. The second kappa shape index (κ2) is 5.57. The van der Waals surface area contributed by atoms with Gasteiger partial charge in [-0.2, -0.15) is 0 Å². The van der Waals surface area contributed by atoms with Gasteiger partial charge in [-0.15, -0.1) is 0 Å². The van der Waals surface area contributed by atoms with Gasteiger partial charge < -0.3 is 10.8 Å². The van der Waals surface area contributed by atoms with Crippen LogP contribution in [0.1, 0.15) is 17.2 Å². The summed E-state index contributed by atoms with van der Waals surface area (Å²) in [6.45, 7) is 0. The quantitative estimate of drug-likeness (QED) is 0.909. The molecule has 94 valence electrons. The summed E-state index contributed by atoms with van der Waals surface area (Å²) in [6, 6.07) is 8.70. The summed E-state index contributed by atoms with van der Waals surface area (Å²) in [5, 5.41) is 11.2. The summed E-state index contributed by atoms with van der Waals surface area (Å²) in [5.41, 5.74) is 7.00. The van der Waals surface area contributed by atoms with E-state index in [2.05, 4.69) is 4.98 Å². The molecule has 0 amide bonds. The highest BCUT2D eigenvalue weighted by Crippen LogP contribution is 2.30. The van der Waals surface area contributed by atoms with Gasteiger partial charge in [0.2, 0.25) is 0 Å². The smallest absolute Gasteiger partial charge is 0.129 e. The number of aromatic nitrogens is 1. The maximum atomic E-state index is 10.2. The molecule has 0 fully saturated rings. The van der Waals surface area contributed by atoms with Gasteiger partial charge in [0.15, 0.2) is 0 Å². The molecule has 0 bridgehead atoms. The van der Waals surface area contributed by atoms with Gasteiger partial charge in [-0.3, -0.25) is 0 Å². The Morgan fingerprint density at radius 3 is 2.44 bits per heavy atom. The minimum atomic E-state index is -0.781. The average molecular weight is 283 g/mol. The third-order valence-electron chi connectivity index (χ3n) is 2.69. The maximum Gasteiger partial charge on any atom is 0.129 e. The fourth-order valence-electron chi connectivity index (χ4n) is 1.74. The Morgan fingerprint density at radius 2 is 1.83 bits per heavy atom. The molecular formula is C13H12Cl2N2O. The lowest BCUT2D eigenvalue weighted by molar-refractivity contribution is 0.179. The summed E-state index contributed by atoms with van der Waals surface area (Å²) in [4.78, 5) is 3.94. The predicted molar refractivity (Wildman–Crippen MR) is 73.8 cm³/mol. The van der Waals surface area contributed by atoms with Crippen LogP contribution in [0.2, 0.25) is 10.0 Å². The van der Waals surface area contributed by atoms with Gasteiger partial charge >= 0.3 is 0 Å². The second-order valence-electron chi connectivity index (χ2n) is 3.90. The van der Waals surface area contributed by atoms with E-state index in [0.29, 0.717) is 33.4 Å². The Morgan fingerprint density at radius 1 is 1.17 bits per heavy atom. The normalized spacial score (nSPS) is 12.4. The lowest BCUT2D eigenvalue weighted by Crippen LogP contribution is -2.07. The Hall–Kier alpha value is -1.29. The van der Waals surface area contributed by atoms with Gasteiger partial charge in [-0.1, -0.05) is 35.3 Å². The van der Waals surface area contributed by atoms with E-state index >= 15 is 0 Å². The molecular weight excluding hydrogens is 271 g/mol. The number of anilines is 1. The molecule has 1 unspecified atom stereocenters. The first-order chi connectivity index (χ1) is 8.59. The third-order valence-corrected chi connectivity index (χ3v) is 3.40. The van der Waals surface area contributed by atoms with Crippen molar-refractivity contribution < 1.29 is 5.11 Å². The Balaban J connectivity index is 2.27. The zero-order valence-corrected chi connectivity index (χ0v) is 11.0. The zero-order valence-electron chi connectivity index (χ0n) is 9.48. The number of nitrogens with two attached hydrogens (primary N) is 1. The minimum Gasteiger partial charge on any atom is -0.388 e. The number of nitrogens with zero attached hydrogens (tertiary/aromatic N) is 1. The molecule has 0 spiro atoms. The summed E-state index contributed by atoms with van der Waals surface area (Å²) < 4.78 is 0. The predicted octanol–water partition coefficient (Wildman–Crippen LogP) is 3.25. The van der Waals surface area contributed by atoms with Crippen molar-refractivity contribution in [1.29, 1.82) is 0 Å². The van der Waals surface area contributed by atoms with Crippen molar-refractivity contribution >= 4 is 29.0 Å². The molecule has 3 N–H and O–H groups in total. The van der Waals surface area contributed by atoms with Crippen LogP contribution in [-0.2, 0) is 6.42 Å². The van der Waals surface area contributed by atoms with Crippen LogP contribution in [0, 0.1) is 0 Å². The highest BCUT2D eigenvalue weighted by Gasteiger charge is 2.15. The van der Waals surface area contributed by atoms with Crippen LogP contribution in [0.3, 0.4) is 0 Å². The molecule has 2 rings (SSSR count). The fraction of sp³-hybridized carbons (Fsp3) is 0.154. The number of hydrogen-bond donors (Lipinski definition) is 2. The van der Waals surface area contributed by atoms with E-state index in [0.717, 1.165) is 0 Å². The van der Waals surface area contributed by atoms with E-state index in [1.807, 2.05) is 0 Å². The Bertz CT molecular complexity index is 540. The fourth-order valence-corrected chi connectivity index (χ4v) is 2.29. The summed E-state index contributed by atoms with van der Waals surface area (Å²) >= 11 is 12.1. The molecule has 0 saturated carbocycles. The zero-order chi connectivity index (χ0) is 13.1. The van der Waals surface area contributed by atoms with Crippen LogP contribution in [-0.4, -0.2) is 10.1 Å². The van der Waals surface area contributed by atoms with E-state index in [1.165, 1.54) is 0 Å². The molecule has 1 aromatic heterocycles. The monoisotopic (exact) mass is 282 g/mol. The first-order valence-corrected chi connectivity index (χ1v) is 6.16. The molecule has 3 nitrogen and oxygen atoms in total. The van der Waals surface area contributed by atoms with Gasteiger partial charge in [0, 0.05) is 28.2 Å². The maximum absolute atomic E-state index is 10.2. The molecule has 18 heavy (non-hydrogen) atoms. The molecule has 0 radical (unpaired) electrons. The third kappa shape index (κ3) is 2.75. The van der Waals surface area contributed by atoms with Gasteiger partial charge in [-0.05, 0) is 23.8 Å². The van der Waals surface area contributed by atoms with Gasteiger partial charge in [0.25, 0.3) is 0 Å². The number of aliphatic hydroxyl groups is 1. The van der Waals surface area contributed by atoms with Crippen molar-refractivity contribution in [2.24, 2.45) is 0 Å². The van der Waals surface area contributed by atoms with Gasteiger partial charge in [-0.25, -0.2) is 4.98 Å². The standard InChI is InChI=1S/C13H12Cl2N2O/c14-10-4-1-5-11(15)9(10)7-12(18)8-3-2-6-17-13(8)16/h1-6,12,18H,7H2,(H2,16,17). The molecule has 2 aromatic rings. The van der Waals surface area contributed by atoms with E-state index < -0.39 is 6.10 Å². The van der Waals surface area contributed by atoms with Crippen molar-refractivity contribution in [3.8, 4) is 0 Å². The summed E-state index contributed by atoms with van der Waals surface area (Å²) in [5.74, 6) is 0.313. The average Bonchev–Trinajstić information content (AvgIpc) is 2.34. The minimum absolute atomic E-state index is 0.300. The SMILES string of the molecule is Nc1ncccc1C(O)Cc1c(Cl)cccc1Cl. The van der Waals surface area contributed by atoms with Crippen LogP contribution < -0.4 is 5.73 Å². The lowest BCUT2D eigenvalue weighted by Gasteiger charge is -2.14. The molecule has 5 heteroatoms. The van der Waals surface area contributed by atoms with Crippen molar-refractivity contribution in [2.45, 2.75) is 12.5 Å². The highest BCUT2D eigenvalue weighted by molar-refractivity contribution is 6.36. The summed E-state index contributed by atoms with van der Waals surface area (Å²) in [6.07, 6.45) is 1.10. The number of rotatable bonds is 3. The van der Waals surface area contributed by atoms with Crippen molar-refractivity contribution in [3.05, 3.63) is 57.7 Å². The second-order valence-corrected chi connectivity index (χ2v) is 4.71. The number of benzene rings is 1. The topological polar surface area (TPSA) is 59.1 Å². The van der Waals surface area contributed by atoms with Crippen LogP contribution in [0.4, 0.5) is 5.82 Å². The Kier molecular flexibility index (Phi) is 4.07. The first-order valence-electron chi connectivity index (χ1n) is 5.41. The first kappa shape index (κ1) is 13.1. The molecule has 0 aliphatic heterocycles. The van der Waals surface area contributed by atoms with Crippen LogP contribution in [0.15, 0.2) is 36.5 Å². The van der Waals surface area contributed by atoms with E-state index in [9.17, 15) is 5.11 Å². The van der Waals surface area contributed by atoms with Crippen LogP contribution in [0.25, 0.3) is 0 Å². The molecule has 1 aromatic carbocycles. The molecule has 0 aliphatic rings. The number of hydrogen-bond acceptors (Lipinski definition) is 3. The molecule has 1 heterocycles. The van der Waals surface area contributed by atoms with E-state index in [4.69, 9.17) is 28.9 Å². The van der Waals surface area contributed by atoms with Crippen molar-refractivity contribution in [3.63, 3.8) is 0 Å². The number of pyridine rings is 1. The lowest BCUT2D eigenvalue weighted by atomic mass is 10.0. The van der Waals surface area contributed by atoms with Crippen LogP contribution in [0.5, 0.6) is 0 Å². The molecule has 0 aliphatic carbocycles. The van der Waals surface area contributed by atoms with E-state index in [-0.39, 0.29) is 0 Å². The van der Waals surface area contributed by atoms with Crippen molar-refractivity contribution in [1.82, 2.24) is 4.98 Å². The van der Waals surface area contributed by atoms with Crippen molar-refractivity contribution in [2.75, 3.05) is 5.73 Å². The number of aliphatic hydroxyl groups excluding tert-OH is 1. The Labute approximate surface area is 115 Å². The van der Waals surface area contributed by atoms with Gasteiger partial charge in [0.05, 0.1) is 6.10 Å². The van der Waals surface area contributed by atoms with E-state index in [1.54, 1.807) is 36.5 Å². The molecule has 0 saturated heterocycles. The number of halogens is 2. The van der Waals surface area contributed by atoms with Gasteiger partial charge in [0.1, 0.15) is 5.82 Å². The highest BCUT2D eigenvalue weighted by atomic mass is 35.5.